The number of phenols is 1. The smallest absolute Gasteiger partial charge is 0.269 e. The summed E-state index contributed by atoms with van der Waals surface area (Å²) in [7, 11) is 1.88. The second kappa shape index (κ2) is 5.49. The predicted molar refractivity (Wildman–Crippen MR) is 94.7 cm³/mol. The van der Waals surface area contributed by atoms with Gasteiger partial charge in [0.05, 0.1) is 11.0 Å². The molecule has 0 fully saturated rings. The van der Waals surface area contributed by atoms with E-state index in [0.29, 0.717) is 12.0 Å². The Hall–Kier alpha value is -3.07. The summed E-state index contributed by atoms with van der Waals surface area (Å²) in [5.74, 6) is -0.000788. The van der Waals surface area contributed by atoms with Crippen molar-refractivity contribution in [1.82, 2.24) is 0 Å². The van der Waals surface area contributed by atoms with Crippen molar-refractivity contribution in [2.24, 2.45) is 0 Å². The minimum Gasteiger partial charge on any atom is -0.508 e. The number of hydrogen-bond acceptors (Lipinski definition) is 5. The van der Waals surface area contributed by atoms with Gasteiger partial charge in [0.25, 0.3) is 5.69 Å². The van der Waals surface area contributed by atoms with Crippen LogP contribution in [0.25, 0.3) is 0 Å². The van der Waals surface area contributed by atoms with Gasteiger partial charge in [0.1, 0.15) is 11.3 Å². The Morgan fingerprint density at radius 1 is 1.28 bits per heavy atom. The number of benzene rings is 2. The first-order chi connectivity index (χ1) is 11.7. The molecule has 0 radical (unpaired) electrons. The van der Waals surface area contributed by atoms with Gasteiger partial charge in [-0.15, -0.1) is 0 Å². The molecule has 0 bridgehead atoms. The van der Waals surface area contributed by atoms with Crippen LogP contribution >= 0.6 is 0 Å². The van der Waals surface area contributed by atoms with E-state index in [1.165, 1.54) is 18.2 Å². The van der Waals surface area contributed by atoms with E-state index in [1.807, 2.05) is 50.1 Å². The molecular weight excluding hydrogens is 318 g/mol. The zero-order valence-electron chi connectivity index (χ0n) is 14.4. The van der Waals surface area contributed by atoms with Crippen LogP contribution in [0, 0.1) is 21.4 Å². The molecule has 2 aromatic rings. The summed E-state index contributed by atoms with van der Waals surface area (Å²) in [6.45, 7) is 3.83. The minimum absolute atomic E-state index is 0.000788. The Bertz CT molecular complexity index is 905. The number of phenolic OH excluding ortho intramolecular Hbond substituents is 1. The highest BCUT2D eigenvalue weighted by Crippen LogP contribution is 2.52. The number of anilines is 1. The lowest BCUT2D eigenvalue weighted by Crippen LogP contribution is -2.53. The van der Waals surface area contributed by atoms with E-state index in [-0.39, 0.29) is 11.4 Å². The number of non-ortho nitro benzene ring substituents is 1. The fraction of sp³-hybridized carbons (Fsp3) is 0.316. The Morgan fingerprint density at radius 3 is 2.60 bits per heavy atom. The van der Waals surface area contributed by atoms with Gasteiger partial charge in [0, 0.05) is 35.8 Å². The molecule has 25 heavy (non-hydrogen) atoms. The van der Waals surface area contributed by atoms with E-state index >= 15 is 0 Å². The number of aromatic hydroxyl groups is 1. The zero-order valence-corrected chi connectivity index (χ0v) is 14.4. The average molecular weight is 337 g/mol. The minimum atomic E-state index is -0.853. The van der Waals surface area contributed by atoms with E-state index < -0.39 is 15.9 Å². The molecule has 1 heterocycles. The molecule has 0 aromatic heterocycles. The fourth-order valence-corrected chi connectivity index (χ4v) is 3.78. The van der Waals surface area contributed by atoms with Crippen molar-refractivity contribution in [3.05, 3.63) is 63.7 Å². The molecule has 1 aliphatic heterocycles. The number of para-hydroxylation sites is 1. The molecule has 0 spiro atoms. The first-order valence-corrected chi connectivity index (χ1v) is 7.95. The van der Waals surface area contributed by atoms with Gasteiger partial charge in [-0.2, -0.15) is 5.26 Å². The lowest BCUT2D eigenvalue weighted by atomic mass is 9.67. The van der Waals surface area contributed by atoms with Crippen LogP contribution in [0.5, 0.6) is 5.75 Å². The zero-order chi connectivity index (χ0) is 18.4. The number of fused-ring (bicyclic) bond motifs is 1. The third kappa shape index (κ3) is 2.23. The van der Waals surface area contributed by atoms with E-state index in [2.05, 4.69) is 6.07 Å². The molecule has 0 amide bonds. The molecular formula is C19H19N3O3. The summed E-state index contributed by atoms with van der Waals surface area (Å²) in [6.07, 6.45) is 0.311. The number of rotatable bonds is 3. The van der Waals surface area contributed by atoms with Crippen molar-refractivity contribution in [2.45, 2.75) is 31.2 Å². The van der Waals surface area contributed by atoms with Crippen molar-refractivity contribution < 1.29 is 10.0 Å². The molecule has 2 atom stereocenters. The normalized spacial score (nSPS) is 24.6. The molecule has 6 heteroatoms. The maximum Gasteiger partial charge on any atom is 0.269 e. The number of nitro groups is 1. The van der Waals surface area contributed by atoms with Gasteiger partial charge >= 0.3 is 0 Å². The van der Waals surface area contributed by atoms with Crippen molar-refractivity contribution >= 4 is 11.4 Å². The number of likely N-dealkylation sites (N-methyl/N-ethyl adjacent to an activating group) is 1. The maximum absolute atomic E-state index is 11.1. The van der Waals surface area contributed by atoms with Crippen molar-refractivity contribution in [3.63, 3.8) is 0 Å². The summed E-state index contributed by atoms with van der Waals surface area (Å²) in [4.78, 5) is 12.5. The molecule has 0 saturated carbocycles. The van der Waals surface area contributed by atoms with Crippen LogP contribution < -0.4 is 4.90 Å². The second-order valence-corrected chi connectivity index (χ2v) is 6.84. The molecule has 0 unspecified atom stereocenters. The van der Waals surface area contributed by atoms with Crippen LogP contribution in [0.2, 0.25) is 0 Å². The van der Waals surface area contributed by atoms with E-state index in [9.17, 15) is 20.5 Å². The highest BCUT2D eigenvalue weighted by molar-refractivity contribution is 5.69. The van der Waals surface area contributed by atoms with Crippen LogP contribution in [0.15, 0.2) is 42.5 Å². The van der Waals surface area contributed by atoms with Gasteiger partial charge in [-0.05, 0) is 31.0 Å². The first kappa shape index (κ1) is 16.8. The summed E-state index contributed by atoms with van der Waals surface area (Å²) in [6, 6.07) is 14.2. The Kier molecular flexibility index (Phi) is 3.68. The van der Waals surface area contributed by atoms with E-state index in [0.717, 1.165) is 11.3 Å². The number of nitrogens with zero attached hydrogens (tertiary/aromatic N) is 3. The quantitative estimate of drug-likeness (QED) is 0.683. The van der Waals surface area contributed by atoms with Crippen LogP contribution in [0.4, 0.5) is 11.4 Å². The molecule has 2 aromatic carbocycles. The Labute approximate surface area is 146 Å². The fourth-order valence-electron chi connectivity index (χ4n) is 3.78. The van der Waals surface area contributed by atoms with Gasteiger partial charge < -0.3 is 10.0 Å². The third-order valence-electron chi connectivity index (χ3n) is 5.64. The van der Waals surface area contributed by atoms with Crippen LogP contribution in [-0.2, 0) is 11.8 Å². The van der Waals surface area contributed by atoms with Crippen LogP contribution in [0.3, 0.4) is 0 Å². The SMILES string of the molecule is CN1c2ccccc2[C@@](C)(Cc2cc([N+](=O)[O-])ccc2O)[C@]1(C)C#N. The molecule has 1 N–H and O–H groups in total. The predicted octanol–water partition coefficient (Wildman–Crippen LogP) is 3.53. The van der Waals surface area contributed by atoms with Gasteiger partial charge in [0.2, 0.25) is 0 Å². The topological polar surface area (TPSA) is 90.4 Å². The third-order valence-corrected chi connectivity index (χ3v) is 5.64. The van der Waals surface area contributed by atoms with Crippen molar-refractivity contribution in [2.75, 3.05) is 11.9 Å². The van der Waals surface area contributed by atoms with Crippen LogP contribution in [-0.4, -0.2) is 22.6 Å². The molecule has 1 aliphatic rings. The Morgan fingerprint density at radius 2 is 1.96 bits per heavy atom. The second-order valence-electron chi connectivity index (χ2n) is 6.84. The summed E-state index contributed by atoms with van der Waals surface area (Å²) in [5.41, 5.74) is 0.845. The lowest BCUT2D eigenvalue weighted by molar-refractivity contribution is -0.384. The van der Waals surface area contributed by atoms with Gasteiger partial charge in [-0.1, -0.05) is 25.1 Å². The molecule has 3 rings (SSSR count). The van der Waals surface area contributed by atoms with E-state index in [4.69, 9.17) is 0 Å². The summed E-state index contributed by atoms with van der Waals surface area (Å²) < 4.78 is 0. The molecule has 0 saturated heterocycles. The number of nitriles is 1. The van der Waals surface area contributed by atoms with E-state index in [1.54, 1.807) is 0 Å². The highest BCUT2D eigenvalue weighted by atomic mass is 16.6. The molecule has 128 valence electrons. The average Bonchev–Trinajstić information content (AvgIpc) is 2.77. The number of nitro benzene ring substituents is 1. The van der Waals surface area contributed by atoms with Gasteiger partial charge in [-0.25, -0.2) is 0 Å². The molecule has 6 nitrogen and oxygen atoms in total. The highest BCUT2D eigenvalue weighted by Gasteiger charge is 2.56. The standard InChI is InChI=1S/C19H19N3O3/c1-18(11-13-10-14(22(24)25)8-9-17(13)23)15-6-4-5-7-16(15)21(3)19(18,2)12-20/h4-10,23H,11H2,1-3H3/t18-,19+/m1/s1. The molecule has 0 aliphatic carbocycles. The van der Waals surface area contributed by atoms with Gasteiger partial charge in [-0.3, -0.25) is 10.1 Å². The van der Waals surface area contributed by atoms with Crippen LogP contribution in [0.1, 0.15) is 25.0 Å². The maximum atomic E-state index is 11.1. The Balaban J connectivity index is 2.17. The van der Waals surface area contributed by atoms with Gasteiger partial charge in [0.15, 0.2) is 0 Å². The lowest BCUT2D eigenvalue weighted by Gasteiger charge is -2.40. The van der Waals surface area contributed by atoms with Crippen molar-refractivity contribution in [1.29, 1.82) is 5.26 Å². The summed E-state index contributed by atoms with van der Waals surface area (Å²) in [5, 5.41) is 31.2. The van der Waals surface area contributed by atoms with Crippen molar-refractivity contribution in [3.8, 4) is 11.8 Å². The monoisotopic (exact) mass is 337 g/mol. The summed E-state index contributed by atoms with van der Waals surface area (Å²) >= 11 is 0. The largest absolute Gasteiger partial charge is 0.508 e. The first-order valence-electron chi connectivity index (χ1n) is 7.95. The number of hydrogen-bond donors (Lipinski definition) is 1.